The standard InChI is InChI=1S/C15H18ClNOS/c1-10(7-8-17)14-5-6-15(19-14)11-3-4-13(18-2)12(16)9-11/h3-6,9-10H,7-8,17H2,1-2H3. The van der Waals surface area contributed by atoms with E-state index in [4.69, 9.17) is 22.1 Å². The molecule has 0 amide bonds. The Kier molecular flexibility index (Phi) is 4.86. The van der Waals surface area contributed by atoms with Crippen LogP contribution in [0, 0.1) is 0 Å². The first-order valence-electron chi connectivity index (χ1n) is 6.29. The molecule has 4 heteroatoms. The van der Waals surface area contributed by atoms with Gasteiger partial charge in [-0.15, -0.1) is 11.3 Å². The molecule has 0 saturated heterocycles. The summed E-state index contributed by atoms with van der Waals surface area (Å²) in [7, 11) is 1.62. The van der Waals surface area contributed by atoms with Gasteiger partial charge in [0.1, 0.15) is 5.75 Å². The summed E-state index contributed by atoms with van der Waals surface area (Å²) in [5, 5.41) is 0.643. The zero-order valence-corrected chi connectivity index (χ0v) is 12.7. The summed E-state index contributed by atoms with van der Waals surface area (Å²) in [6.07, 6.45) is 1.02. The minimum atomic E-state index is 0.512. The molecule has 1 aromatic heterocycles. The molecule has 0 spiro atoms. The number of rotatable bonds is 5. The first-order valence-corrected chi connectivity index (χ1v) is 7.49. The minimum Gasteiger partial charge on any atom is -0.495 e. The maximum atomic E-state index is 6.16. The minimum absolute atomic E-state index is 0.512. The van der Waals surface area contributed by atoms with E-state index in [0.717, 1.165) is 18.5 Å². The van der Waals surface area contributed by atoms with Crippen LogP contribution < -0.4 is 10.5 Å². The molecular weight excluding hydrogens is 278 g/mol. The van der Waals surface area contributed by atoms with Crippen LogP contribution in [0.25, 0.3) is 10.4 Å². The van der Waals surface area contributed by atoms with Gasteiger partial charge in [0.25, 0.3) is 0 Å². The Morgan fingerprint density at radius 2 is 2.11 bits per heavy atom. The lowest BCUT2D eigenvalue weighted by Gasteiger charge is -2.06. The second-order valence-electron chi connectivity index (χ2n) is 4.53. The Hall–Kier alpha value is -1.03. The van der Waals surface area contributed by atoms with Gasteiger partial charge in [0, 0.05) is 9.75 Å². The second kappa shape index (κ2) is 6.42. The molecule has 0 aliphatic heterocycles. The van der Waals surface area contributed by atoms with Crippen molar-refractivity contribution in [1.82, 2.24) is 0 Å². The van der Waals surface area contributed by atoms with Crippen LogP contribution >= 0.6 is 22.9 Å². The van der Waals surface area contributed by atoms with Crippen molar-refractivity contribution in [2.24, 2.45) is 5.73 Å². The third kappa shape index (κ3) is 3.30. The van der Waals surface area contributed by atoms with Gasteiger partial charge in [0.05, 0.1) is 12.1 Å². The normalized spacial score (nSPS) is 12.4. The summed E-state index contributed by atoms with van der Waals surface area (Å²) in [6.45, 7) is 2.94. The van der Waals surface area contributed by atoms with Crippen molar-refractivity contribution in [3.63, 3.8) is 0 Å². The highest BCUT2D eigenvalue weighted by Crippen LogP contribution is 2.36. The second-order valence-corrected chi connectivity index (χ2v) is 6.05. The van der Waals surface area contributed by atoms with Gasteiger partial charge in [-0.1, -0.05) is 18.5 Å². The molecule has 0 aliphatic rings. The van der Waals surface area contributed by atoms with Crippen molar-refractivity contribution in [1.29, 1.82) is 0 Å². The summed E-state index contributed by atoms with van der Waals surface area (Å²) in [4.78, 5) is 2.59. The number of nitrogens with two attached hydrogens (primary N) is 1. The van der Waals surface area contributed by atoms with E-state index in [1.807, 2.05) is 18.2 Å². The number of thiophene rings is 1. The highest BCUT2D eigenvalue weighted by atomic mass is 35.5. The van der Waals surface area contributed by atoms with Crippen molar-refractivity contribution >= 4 is 22.9 Å². The molecule has 0 bridgehead atoms. The first-order chi connectivity index (χ1) is 9.15. The molecule has 0 aliphatic carbocycles. The van der Waals surface area contributed by atoms with Crippen LogP contribution in [0.5, 0.6) is 5.75 Å². The van der Waals surface area contributed by atoms with Gasteiger partial charge in [-0.05, 0) is 54.8 Å². The summed E-state index contributed by atoms with van der Waals surface area (Å²) in [6, 6.07) is 10.2. The lowest BCUT2D eigenvalue weighted by atomic mass is 10.1. The molecule has 1 unspecified atom stereocenters. The van der Waals surface area contributed by atoms with Gasteiger partial charge in [0.15, 0.2) is 0 Å². The monoisotopic (exact) mass is 295 g/mol. The smallest absolute Gasteiger partial charge is 0.137 e. The Morgan fingerprint density at radius 1 is 1.32 bits per heavy atom. The SMILES string of the molecule is COc1ccc(-c2ccc(C(C)CCN)s2)cc1Cl. The fourth-order valence-corrected chi connectivity index (χ4v) is 3.33. The highest BCUT2D eigenvalue weighted by Gasteiger charge is 2.10. The molecule has 19 heavy (non-hydrogen) atoms. The molecule has 2 rings (SSSR count). The predicted octanol–water partition coefficient (Wildman–Crippen LogP) is 4.53. The molecule has 102 valence electrons. The largest absolute Gasteiger partial charge is 0.495 e. The fourth-order valence-electron chi connectivity index (χ4n) is 1.98. The Balaban J connectivity index is 2.25. The van der Waals surface area contributed by atoms with Crippen molar-refractivity contribution in [3.05, 3.63) is 40.2 Å². The Bertz CT molecular complexity index is 553. The van der Waals surface area contributed by atoms with E-state index in [2.05, 4.69) is 19.1 Å². The molecule has 0 fully saturated rings. The van der Waals surface area contributed by atoms with Gasteiger partial charge >= 0.3 is 0 Å². The topological polar surface area (TPSA) is 35.2 Å². The summed E-state index contributed by atoms with van der Waals surface area (Å²) in [5.41, 5.74) is 6.74. The van der Waals surface area contributed by atoms with Crippen LogP contribution in [-0.4, -0.2) is 13.7 Å². The van der Waals surface area contributed by atoms with Gasteiger partial charge in [0.2, 0.25) is 0 Å². The maximum Gasteiger partial charge on any atom is 0.137 e. The average Bonchev–Trinajstić information content (AvgIpc) is 2.88. The quantitative estimate of drug-likeness (QED) is 0.879. The summed E-state index contributed by atoms with van der Waals surface area (Å²) in [5.74, 6) is 1.22. The molecule has 1 aromatic carbocycles. The molecule has 1 atom stereocenters. The van der Waals surface area contributed by atoms with E-state index in [0.29, 0.717) is 16.7 Å². The summed E-state index contributed by atoms with van der Waals surface area (Å²) < 4.78 is 5.17. The molecular formula is C15H18ClNOS. The van der Waals surface area contributed by atoms with E-state index in [9.17, 15) is 0 Å². The van der Waals surface area contributed by atoms with Crippen LogP contribution in [0.1, 0.15) is 24.1 Å². The van der Waals surface area contributed by atoms with Crippen LogP contribution in [0.3, 0.4) is 0 Å². The maximum absolute atomic E-state index is 6.16. The van der Waals surface area contributed by atoms with Crippen LogP contribution in [0.4, 0.5) is 0 Å². The molecule has 2 aromatic rings. The van der Waals surface area contributed by atoms with E-state index < -0.39 is 0 Å². The molecule has 2 N–H and O–H groups in total. The average molecular weight is 296 g/mol. The van der Waals surface area contributed by atoms with Crippen molar-refractivity contribution in [2.75, 3.05) is 13.7 Å². The Morgan fingerprint density at radius 3 is 2.74 bits per heavy atom. The Labute approximate surface area is 123 Å². The number of ether oxygens (including phenoxy) is 1. The number of benzene rings is 1. The molecule has 0 radical (unpaired) electrons. The number of hydrogen-bond donors (Lipinski definition) is 1. The summed E-state index contributed by atoms with van der Waals surface area (Å²) >= 11 is 7.96. The number of methoxy groups -OCH3 is 1. The van der Waals surface area contributed by atoms with Crippen molar-refractivity contribution in [3.8, 4) is 16.2 Å². The highest BCUT2D eigenvalue weighted by molar-refractivity contribution is 7.15. The zero-order valence-electron chi connectivity index (χ0n) is 11.2. The molecule has 0 saturated carbocycles. The van der Waals surface area contributed by atoms with Gasteiger partial charge < -0.3 is 10.5 Å². The van der Waals surface area contributed by atoms with E-state index in [1.165, 1.54) is 9.75 Å². The number of halogens is 1. The molecule has 1 heterocycles. The van der Waals surface area contributed by atoms with Crippen LogP contribution in [0.15, 0.2) is 30.3 Å². The molecule has 2 nitrogen and oxygen atoms in total. The first kappa shape index (κ1) is 14.4. The van der Waals surface area contributed by atoms with Crippen molar-refractivity contribution in [2.45, 2.75) is 19.3 Å². The van der Waals surface area contributed by atoms with E-state index >= 15 is 0 Å². The third-order valence-corrected chi connectivity index (χ3v) is 4.81. The fraction of sp³-hybridized carbons (Fsp3) is 0.333. The number of hydrogen-bond acceptors (Lipinski definition) is 3. The van der Waals surface area contributed by atoms with Crippen LogP contribution in [-0.2, 0) is 0 Å². The lowest BCUT2D eigenvalue weighted by Crippen LogP contribution is -2.03. The van der Waals surface area contributed by atoms with Gasteiger partial charge in [-0.25, -0.2) is 0 Å². The van der Waals surface area contributed by atoms with Gasteiger partial charge in [-0.3, -0.25) is 0 Å². The third-order valence-electron chi connectivity index (χ3n) is 3.15. The van der Waals surface area contributed by atoms with E-state index in [-0.39, 0.29) is 0 Å². The van der Waals surface area contributed by atoms with Crippen molar-refractivity contribution < 1.29 is 4.74 Å². The zero-order chi connectivity index (χ0) is 13.8. The van der Waals surface area contributed by atoms with E-state index in [1.54, 1.807) is 18.4 Å². The van der Waals surface area contributed by atoms with Gasteiger partial charge in [-0.2, -0.15) is 0 Å². The predicted molar refractivity (Wildman–Crippen MR) is 83.4 cm³/mol. The lowest BCUT2D eigenvalue weighted by molar-refractivity contribution is 0.415. The van der Waals surface area contributed by atoms with Crippen LogP contribution in [0.2, 0.25) is 5.02 Å².